The highest BCUT2D eigenvalue weighted by Crippen LogP contribution is 2.45. The Balaban J connectivity index is 2.01. The van der Waals surface area contributed by atoms with Crippen LogP contribution in [-0.2, 0) is 28.5 Å². The molecule has 0 bridgehead atoms. The second kappa shape index (κ2) is 8.49. The summed E-state index contributed by atoms with van der Waals surface area (Å²) in [5.41, 5.74) is -0.398. The highest BCUT2D eigenvalue weighted by molar-refractivity contribution is 6.29. The minimum Gasteiger partial charge on any atom is -0.461 e. The van der Waals surface area contributed by atoms with Crippen LogP contribution in [-0.4, -0.2) is 44.2 Å². The van der Waals surface area contributed by atoms with Crippen molar-refractivity contribution in [3.05, 3.63) is 0 Å². The van der Waals surface area contributed by atoms with Gasteiger partial charge in [-0.25, -0.2) is 9.59 Å². The molecule has 0 radical (unpaired) electrons. The Bertz CT molecular complexity index is 453. The van der Waals surface area contributed by atoms with Gasteiger partial charge in [0, 0.05) is 6.42 Å². The van der Waals surface area contributed by atoms with Crippen LogP contribution in [0, 0.1) is 11.3 Å². The van der Waals surface area contributed by atoms with Crippen molar-refractivity contribution < 1.29 is 28.5 Å². The Morgan fingerprint density at radius 3 is 2.20 bits per heavy atom. The van der Waals surface area contributed by atoms with Crippen LogP contribution in [0.15, 0.2) is 0 Å². The first-order valence-electron chi connectivity index (χ1n) is 9.30. The van der Waals surface area contributed by atoms with Crippen molar-refractivity contribution in [1.82, 2.24) is 0 Å². The number of hydrogen-bond donors (Lipinski definition) is 0. The highest BCUT2D eigenvalue weighted by atomic mass is 16.7. The van der Waals surface area contributed by atoms with Crippen LogP contribution in [0.25, 0.3) is 0 Å². The van der Waals surface area contributed by atoms with Gasteiger partial charge in [0.25, 0.3) is 0 Å². The summed E-state index contributed by atoms with van der Waals surface area (Å²) in [6.45, 7) is 8.13. The van der Waals surface area contributed by atoms with Gasteiger partial charge >= 0.3 is 11.9 Å². The largest absolute Gasteiger partial charge is 0.461 e. The van der Waals surface area contributed by atoms with Gasteiger partial charge in [-0.3, -0.25) is 0 Å². The van der Waals surface area contributed by atoms with Gasteiger partial charge < -0.3 is 18.9 Å². The second-order valence-electron chi connectivity index (χ2n) is 8.27. The zero-order chi connectivity index (χ0) is 18.5. The number of hydrogen-bond acceptors (Lipinski definition) is 6. The van der Waals surface area contributed by atoms with E-state index in [1.165, 1.54) is 7.11 Å². The molecule has 6 heteroatoms. The Morgan fingerprint density at radius 1 is 1.08 bits per heavy atom. The van der Waals surface area contributed by atoms with Crippen LogP contribution >= 0.6 is 0 Å². The molecule has 2 rings (SSSR count). The lowest BCUT2D eigenvalue weighted by molar-refractivity contribution is -0.196. The predicted molar refractivity (Wildman–Crippen MR) is 91.8 cm³/mol. The van der Waals surface area contributed by atoms with Gasteiger partial charge in [-0.15, -0.1) is 0 Å². The molecule has 0 amide bonds. The molecule has 1 saturated carbocycles. The molecule has 2 fully saturated rings. The monoisotopic (exact) mass is 356 g/mol. The average Bonchev–Trinajstić information content (AvgIpc) is 2.60. The van der Waals surface area contributed by atoms with E-state index in [1.807, 2.05) is 0 Å². The van der Waals surface area contributed by atoms with Crippen LogP contribution in [0.2, 0.25) is 0 Å². The number of methoxy groups -OCH3 is 1. The number of carbonyl (C=O) groups is 2. The molecule has 0 spiro atoms. The van der Waals surface area contributed by atoms with Crippen LogP contribution in [0.5, 0.6) is 0 Å². The number of rotatable bonds is 4. The molecule has 25 heavy (non-hydrogen) atoms. The van der Waals surface area contributed by atoms with Crippen molar-refractivity contribution in [2.45, 2.75) is 77.6 Å². The molecule has 6 nitrogen and oxygen atoms in total. The maximum atomic E-state index is 12.0. The fraction of sp³-hybridized carbons (Fsp3) is 0.895. The van der Waals surface area contributed by atoms with Gasteiger partial charge in [0.1, 0.15) is 5.60 Å². The fourth-order valence-corrected chi connectivity index (χ4v) is 3.82. The van der Waals surface area contributed by atoms with Gasteiger partial charge in [-0.1, -0.05) is 20.8 Å². The Morgan fingerprint density at radius 2 is 1.68 bits per heavy atom. The lowest BCUT2D eigenvalue weighted by Crippen LogP contribution is -2.44. The van der Waals surface area contributed by atoms with Gasteiger partial charge in [0.2, 0.25) is 0 Å². The highest BCUT2D eigenvalue weighted by Gasteiger charge is 2.43. The molecule has 0 aromatic heterocycles. The standard InChI is InChI=1S/C19H32O6/c1-18(2,3)14-6-9-19(10-7-14,25-17(21)16(20)22-4)11-8-15-23-12-5-13-24-15/h14-15H,5-13H2,1-4H3. The summed E-state index contributed by atoms with van der Waals surface area (Å²) in [5.74, 6) is -1.26. The summed E-state index contributed by atoms with van der Waals surface area (Å²) in [6, 6.07) is 0. The third-order valence-electron chi connectivity index (χ3n) is 5.51. The summed E-state index contributed by atoms with van der Waals surface area (Å²) in [6.07, 6.45) is 5.42. The first kappa shape index (κ1) is 20.2. The van der Waals surface area contributed by atoms with Gasteiger partial charge in [0.15, 0.2) is 6.29 Å². The first-order valence-corrected chi connectivity index (χ1v) is 9.30. The second-order valence-corrected chi connectivity index (χ2v) is 8.27. The molecule has 0 N–H and O–H groups in total. The third kappa shape index (κ3) is 5.68. The summed E-state index contributed by atoms with van der Waals surface area (Å²) < 4.78 is 21.4. The summed E-state index contributed by atoms with van der Waals surface area (Å²) >= 11 is 0. The molecular formula is C19H32O6. The van der Waals surface area contributed by atoms with Crippen LogP contribution in [0.4, 0.5) is 0 Å². The van der Waals surface area contributed by atoms with Crippen molar-refractivity contribution in [3.8, 4) is 0 Å². The number of esters is 2. The van der Waals surface area contributed by atoms with E-state index in [1.54, 1.807) is 0 Å². The normalized spacial score (nSPS) is 28.4. The van der Waals surface area contributed by atoms with E-state index >= 15 is 0 Å². The Labute approximate surface area is 150 Å². The molecule has 0 aromatic carbocycles. The smallest absolute Gasteiger partial charge is 0.418 e. The van der Waals surface area contributed by atoms with Gasteiger partial charge in [0.05, 0.1) is 20.3 Å². The van der Waals surface area contributed by atoms with E-state index in [4.69, 9.17) is 14.2 Å². The van der Waals surface area contributed by atoms with Crippen molar-refractivity contribution in [2.75, 3.05) is 20.3 Å². The zero-order valence-electron chi connectivity index (χ0n) is 16.0. The van der Waals surface area contributed by atoms with E-state index in [2.05, 4.69) is 25.5 Å². The third-order valence-corrected chi connectivity index (χ3v) is 5.51. The van der Waals surface area contributed by atoms with Crippen molar-refractivity contribution >= 4 is 11.9 Å². The van der Waals surface area contributed by atoms with Crippen LogP contribution in [0.1, 0.15) is 65.7 Å². The van der Waals surface area contributed by atoms with Crippen molar-refractivity contribution in [3.63, 3.8) is 0 Å². The number of ether oxygens (including phenoxy) is 4. The molecule has 2 aliphatic rings. The lowest BCUT2D eigenvalue weighted by Gasteiger charge is -2.43. The van der Waals surface area contributed by atoms with Gasteiger partial charge in [-0.05, 0) is 49.9 Å². The lowest BCUT2D eigenvalue weighted by atomic mass is 9.67. The fourth-order valence-electron chi connectivity index (χ4n) is 3.82. The van der Waals surface area contributed by atoms with E-state index in [-0.39, 0.29) is 11.7 Å². The zero-order valence-corrected chi connectivity index (χ0v) is 16.0. The van der Waals surface area contributed by atoms with Gasteiger partial charge in [-0.2, -0.15) is 0 Å². The number of carbonyl (C=O) groups excluding carboxylic acids is 2. The summed E-state index contributed by atoms with van der Waals surface area (Å²) in [5, 5.41) is 0. The Hall–Kier alpha value is -1.14. The minimum absolute atomic E-state index is 0.230. The molecule has 144 valence electrons. The molecule has 0 atom stereocenters. The van der Waals surface area contributed by atoms with Crippen molar-refractivity contribution in [2.24, 2.45) is 11.3 Å². The molecule has 1 aliphatic carbocycles. The predicted octanol–water partition coefficient (Wildman–Crippen LogP) is 3.22. The minimum atomic E-state index is -0.942. The van der Waals surface area contributed by atoms with Crippen molar-refractivity contribution in [1.29, 1.82) is 0 Å². The van der Waals surface area contributed by atoms with E-state index < -0.39 is 17.5 Å². The average molecular weight is 356 g/mol. The maximum Gasteiger partial charge on any atom is 0.418 e. The topological polar surface area (TPSA) is 71.1 Å². The molecular weight excluding hydrogens is 324 g/mol. The molecule has 1 aliphatic heterocycles. The molecule has 0 aromatic rings. The molecule has 0 unspecified atom stereocenters. The summed E-state index contributed by atoms with van der Waals surface area (Å²) in [7, 11) is 1.19. The molecule has 1 saturated heterocycles. The van der Waals surface area contributed by atoms with E-state index in [0.29, 0.717) is 32.0 Å². The first-order chi connectivity index (χ1) is 11.8. The summed E-state index contributed by atoms with van der Waals surface area (Å²) in [4.78, 5) is 23.5. The van der Waals surface area contributed by atoms with Crippen LogP contribution in [0.3, 0.4) is 0 Å². The SMILES string of the molecule is COC(=O)C(=O)OC1(CCC2OCCCO2)CCC(C(C)(C)C)CC1. The maximum absolute atomic E-state index is 12.0. The Kier molecular flexibility index (Phi) is 6.86. The quantitative estimate of drug-likeness (QED) is 0.569. The van der Waals surface area contributed by atoms with E-state index in [9.17, 15) is 9.59 Å². The molecule has 1 heterocycles. The van der Waals surface area contributed by atoms with Crippen LogP contribution < -0.4 is 0 Å². The van der Waals surface area contributed by atoms with E-state index in [0.717, 1.165) is 32.1 Å².